The molecule has 2 amide bonds. The van der Waals surface area contributed by atoms with Crippen molar-refractivity contribution in [1.29, 1.82) is 0 Å². The van der Waals surface area contributed by atoms with Crippen molar-refractivity contribution in [2.24, 2.45) is 11.8 Å². The molecule has 0 saturated heterocycles. The third-order valence-electron chi connectivity index (χ3n) is 3.00. The molecule has 0 spiro atoms. The first-order valence-electron chi connectivity index (χ1n) is 6.64. The number of carbonyl (C=O) groups excluding carboxylic acids is 1. The Hall–Kier alpha value is -2.05. The summed E-state index contributed by atoms with van der Waals surface area (Å²) in [5.74, 6) is -1.51. The second-order valence-electron chi connectivity index (χ2n) is 5.17. The van der Waals surface area contributed by atoms with Crippen molar-refractivity contribution in [3.8, 4) is 0 Å². The van der Waals surface area contributed by atoms with E-state index in [2.05, 4.69) is 15.7 Å². The number of rotatable bonds is 7. The Morgan fingerprint density at radius 3 is 2.55 bits per heavy atom. The van der Waals surface area contributed by atoms with Gasteiger partial charge in [0.1, 0.15) is 0 Å². The minimum Gasteiger partial charge on any atom is -0.481 e. The van der Waals surface area contributed by atoms with Crippen molar-refractivity contribution in [3.63, 3.8) is 0 Å². The van der Waals surface area contributed by atoms with Gasteiger partial charge in [-0.1, -0.05) is 13.8 Å². The molecule has 7 heteroatoms. The molecule has 0 aliphatic rings. The number of nitrogens with one attached hydrogen (secondary N) is 2. The highest BCUT2D eigenvalue weighted by atomic mass is 16.4. The Morgan fingerprint density at radius 2 is 2.05 bits per heavy atom. The van der Waals surface area contributed by atoms with Gasteiger partial charge in [0.05, 0.1) is 12.5 Å². The molecule has 3 N–H and O–H groups in total. The average molecular weight is 282 g/mol. The number of hydrogen-bond donors (Lipinski definition) is 3. The van der Waals surface area contributed by atoms with Crippen LogP contribution in [-0.2, 0) is 11.3 Å². The maximum absolute atomic E-state index is 11.7. The summed E-state index contributed by atoms with van der Waals surface area (Å²) < 4.78 is 1.72. The highest BCUT2D eigenvalue weighted by Crippen LogP contribution is 2.09. The van der Waals surface area contributed by atoms with Gasteiger partial charge < -0.3 is 15.7 Å². The summed E-state index contributed by atoms with van der Waals surface area (Å²) in [6.07, 6.45) is 3.49. The standard InChI is InChI=1S/C13H22N4O3/c1-9(2)11(12(18)19)7-14-13(20)16-10(3)8-17-6-4-5-15-17/h4-6,9-11H,7-8H2,1-3H3,(H,18,19)(H2,14,16,20). The van der Waals surface area contributed by atoms with Crippen LogP contribution in [0.4, 0.5) is 4.79 Å². The summed E-state index contributed by atoms with van der Waals surface area (Å²) in [6, 6.07) is 1.35. The van der Waals surface area contributed by atoms with Crippen molar-refractivity contribution in [3.05, 3.63) is 18.5 Å². The Bertz CT molecular complexity index is 431. The second-order valence-corrected chi connectivity index (χ2v) is 5.17. The topological polar surface area (TPSA) is 96.3 Å². The predicted octanol–water partition coefficient (Wildman–Crippen LogP) is 0.928. The van der Waals surface area contributed by atoms with E-state index >= 15 is 0 Å². The third-order valence-corrected chi connectivity index (χ3v) is 3.00. The minimum atomic E-state index is -0.898. The number of carbonyl (C=O) groups is 2. The smallest absolute Gasteiger partial charge is 0.315 e. The maximum Gasteiger partial charge on any atom is 0.315 e. The molecule has 112 valence electrons. The molecule has 0 fully saturated rings. The Balaban J connectivity index is 2.34. The van der Waals surface area contributed by atoms with Gasteiger partial charge >= 0.3 is 12.0 Å². The molecule has 1 heterocycles. The van der Waals surface area contributed by atoms with E-state index in [1.807, 2.05) is 33.0 Å². The van der Waals surface area contributed by atoms with Crippen molar-refractivity contribution in [2.75, 3.05) is 6.54 Å². The average Bonchev–Trinajstić information content (AvgIpc) is 2.80. The fourth-order valence-electron chi connectivity index (χ4n) is 1.82. The van der Waals surface area contributed by atoms with Crippen molar-refractivity contribution in [2.45, 2.75) is 33.4 Å². The van der Waals surface area contributed by atoms with Crippen LogP contribution in [0.1, 0.15) is 20.8 Å². The van der Waals surface area contributed by atoms with E-state index in [1.165, 1.54) is 0 Å². The van der Waals surface area contributed by atoms with Crippen LogP contribution in [-0.4, -0.2) is 39.5 Å². The van der Waals surface area contributed by atoms with Gasteiger partial charge in [-0.15, -0.1) is 0 Å². The van der Waals surface area contributed by atoms with Crippen molar-refractivity contribution >= 4 is 12.0 Å². The molecule has 1 aromatic rings. The van der Waals surface area contributed by atoms with E-state index in [1.54, 1.807) is 10.9 Å². The highest BCUT2D eigenvalue weighted by Gasteiger charge is 2.22. The highest BCUT2D eigenvalue weighted by molar-refractivity contribution is 5.76. The molecule has 0 radical (unpaired) electrons. The van der Waals surface area contributed by atoms with Gasteiger partial charge in [-0.25, -0.2) is 4.79 Å². The van der Waals surface area contributed by atoms with E-state index in [4.69, 9.17) is 5.11 Å². The number of amides is 2. The first-order valence-corrected chi connectivity index (χ1v) is 6.64. The quantitative estimate of drug-likeness (QED) is 0.693. The molecule has 0 aliphatic carbocycles. The molecule has 1 aromatic heterocycles. The molecule has 2 atom stereocenters. The van der Waals surface area contributed by atoms with Gasteiger partial charge in [0.25, 0.3) is 0 Å². The predicted molar refractivity (Wildman–Crippen MR) is 74.2 cm³/mol. The summed E-state index contributed by atoms with van der Waals surface area (Å²) in [5.41, 5.74) is 0. The third kappa shape index (κ3) is 5.29. The van der Waals surface area contributed by atoms with Crippen LogP contribution >= 0.6 is 0 Å². The number of carboxylic acid groups (broad SMARTS) is 1. The Morgan fingerprint density at radius 1 is 1.35 bits per heavy atom. The first-order chi connectivity index (χ1) is 9.40. The van der Waals surface area contributed by atoms with Gasteiger partial charge in [-0.05, 0) is 18.9 Å². The number of carboxylic acids is 1. The second kappa shape index (κ2) is 7.52. The van der Waals surface area contributed by atoms with Gasteiger partial charge in [0, 0.05) is 25.0 Å². The SMILES string of the molecule is CC(Cn1cccn1)NC(=O)NCC(C(=O)O)C(C)C. The molecule has 0 saturated carbocycles. The monoisotopic (exact) mass is 282 g/mol. The van der Waals surface area contributed by atoms with Crippen LogP contribution in [0.25, 0.3) is 0 Å². The molecule has 0 aliphatic heterocycles. The van der Waals surface area contributed by atoms with Crippen molar-refractivity contribution < 1.29 is 14.7 Å². The lowest BCUT2D eigenvalue weighted by molar-refractivity contribution is -0.142. The van der Waals surface area contributed by atoms with Crippen LogP contribution in [0, 0.1) is 11.8 Å². The summed E-state index contributed by atoms with van der Waals surface area (Å²) in [5, 5.41) is 18.4. The van der Waals surface area contributed by atoms with Crippen LogP contribution in [0.15, 0.2) is 18.5 Å². The lowest BCUT2D eigenvalue weighted by Crippen LogP contribution is -2.45. The van der Waals surface area contributed by atoms with E-state index < -0.39 is 11.9 Å². The maximum atomic E-state index is 11.7. The largest absolute Gasteiger partial charge is 0.481 e. The number of nitrogens with zero attached hydrogens (tertiary/aromatic N) is 2. The fraction of sp³-hybridized carbons (Fsp3) is 0.615. The van der Waals surface area contributed by atoms with Crippen LogP contribution in [0.5, 0.6) is 0 Å². The molecule has 0 aromatic carbocycles. The van der Waals surface area contributed by atoms with E-state index in [-0.39, 0.29) is 24.5 Å². The molecular formula is C13H22N4O3. The van der Waals surface area contributed by atoms with Gasteiger partial charge in [0.15, 0.2) is 0 Å². The normalized spacial score (nSPS) is 13.8. The molecule has 1 rings (SSSR count). The first kappa shape index (κ1) is 16.0. The van der Waals surface area contributed by atoms with Crippen LogP contribution in [0.3, 0.4) is 0 Å². The molecule has 20 heavy (non-hydrogen) atoms. The molecular weight excluding hydrogens is 260 g/mol. The van der Waals surface area contributed by atoms with E-state index in [0.29, 0.717) is 6.54 Å². The van der Waals surface area contributed by atoms with Gasteiger partial charge in [0.2, 0.25) is 0 Å². The van der Waals surface area contributed by atoms with Gasteiger partial charge in [-0.2, -0.15) is 5.10 Å². The van der Waals surface area contributed by atoms with Crippen LogP contribution in [0.2, 0.25) is 0 Å². The Kier molecular flexibility index (Phi) is 6.02. The van der Waals surface area contributed by atoms with Crippen LogP contribution < -0.4 is 10.6 Å². The van der Waals surface area contributed by atoms with Gasteiger partial charge in [-0.3, -0.25) is 9.48 Å². The summed E-state index contributed by atoms with van der Waals surface area (Å²) >= 11 is 0. The fourth-order valence-corrected chi connectivity index (χ4v) is 1.82. The zero-order chi connectivity index (χ0) is 15.1. The van der Waals surface area contributed by atoms with E-state index in [9.17, 15) is 9.59 Å². The molecule has 2 unspecified atom stereocenters. The lowest BCUT2D eigenvalue weighted by Gasteiger charge is -2.19. The van der Waals surface area contributed by atoms with Crippen molar-refractivity contribution in [1.82, 2.24) is 20.4 Å². The number of urea groups is 1. The zero-order valence-electron chi connectivity index (χ0n) is 12.0. The lowest BCUT2D eigenvalue weighted by atomic mass is 9.96. The number of hydrogen-bond acceptors (Lipinski definition) is 3. The van der Waals surface area contributed by atoms with E-state index in [0.717, 1.165) is 0 Å². The summed E-state index contributed by atoms with van der Waals surface area (Å²) in [7, 11) is 0. The Labute approximate surface area is 118 Å². The minimum absolute atomic E-state index is 0.0331. The molecule has 7 nitrogen and oxygen atoms in total. The summed E-state index contributed by atoms with van der Waals surface area (Å²) in [4.78, 5) is 22.7. The summed E-state index contributed by atoms with van der Waals surface area (Å²) in [6.45, 7) is 6.18. The molecule has 0 bridgehead atoms. The zero-order valence-corrected chi connectivity index (χ0v) is 12.0. The number of aliphatic carboxylic acids is 1. The number of aromatic nitrogens is 2.